The molecule has 3 aromatic rings. The van der Waals surface area contributed by atoms with Crippen LogP contribution in [0.5, 0.6) is 0 Å². The highest BCUT2D eigenvalue weighted by Gasteiger charge is 2.19. The number of pyridine rings is 1. The predicted molar refractivity (Wildman–Crippen MR) is 116 cm³/mol. The molecule has 2 aromatic carbocycles. The van der Waals surface area contributed by atoms with Crippen molar-refractivity contribution in [2.24, 2.45) is 0 Å². The third-order valence-corrected chi connectivity index (χ3v) is 4.50. The summed E-state index contributed by atoms with van der Waals surface area (Å²) in [5, 5.41) is 14.6. The number of para-hydroxylation sites is 1. The second kappa shape index (κ2) is 8.58. The third-order valence-electron chi connectivity index (χ3n) is 4.50. The number of carbonyl (C=O) groups is 2. The summed E-state index contributed by atoms with van der Waals surface area (Å²) in [4.78, 5) is 29.4. The number of aromatic nitrogens is 1. The summed E-state index contributed by atoms with van der Waals surface area (Å²) in [5.41, 5.74) is 3.05. The number of benzene rings is 2. The van der Waals surface area contributed by atoms with Gasteiger partial charge in [-0.05, 0) is 41.3 Å². The molecule has 2 amide bonds. The topological polar surface area (TPSA) is 94.9 Å². The van der Waals surface area contributed by atoms with Gasteiger partial charge in [0.15, 0.2) is 0 Å². The molecule has 3 rings (SSSR count). The summed E-state index contributed by atoms with van der Waals surface area (Å²) < 4.78 is 0. The van der Waals surface area contributed by atoms with Crippen molar-refractivity contribution in [1.29, 1.82) is 5.26 Å². The Bertz CT molecular complexity index is 1140. The summed E-state index contributed by atoms with van der Waals surface area (Å²) in [6.07, 6.45) is 2.81. The van der Waals surface area contributed by atoms with Gasteiger partial charge in [0.1, 0.15) is 0 Å². The average Bonchev–Trinajstić information content (AvgIpc) is 2.73. The van der Waals surface area contributed by atoms with E-state index in [1.165, 1.54) is 18.5 Å². The molecule has 0 atom stereocenters. The van der Waals surface area contributed by atoms with E-state index >= 15 is 0 Å². The van der Waals surface area contributed by atoms with E-state index in [0.717, 1.165) is 11.3 Å². The fourth-order valence-electron chi connectivity index (χ4n) is 3.00. The van der Waals surface area contributed by atoms with Crippen LogP contribution in [0.4, 0.5) is 11.4 Å². The normalized spacial score (nSPS) is 10.7. The summed E-state index contributed by atoms with van der Waals surface area (Å²) in [7, 11) is 0. The Morgan fingerprint density at radius 2 is 1.57 bits per heavy atom. The van der Waals surface area contributed by atoms with Crippen LogP contribution in [0.25, 0.3) is 0 Å². The molecule has 1 heterocycles. The fraction of sp³-hybridized carbons (Fsp3) is 0.167. The monoisotopic (exact) mass is 398 g/mol. The molecule has 2 N–H and O–H groups in total. The summed E-state index contributed by atoms with van der Waals surface area (Å²) >= 11 is 0. The van der Waals surface area contributed by atoms with Gasteiger partial charge in [-0.1, -0.05) is 45.0 Å². The Kier molecular flexibility index (Phi) is 5.93. The van der Waals surface area contributed by atoms with Gasteiger partial charge < -0.3 is 10.6 Å². The molecule has 0 fully saturated rings. The Balaban J connectivity index is 1.79. The molecule has 6 nitrogen and oxygen atoms in total. The molecule has 0 saturated carbocycles. The number of rotatable bonds is 4. The van der Waals surface area contributed by atoms with E-state index in [0.29, 0.717) is 11.3 Å². The van der Waals surface area contributed by atoms with Crippen LogP contribution >= 0.6 is 0 Å². The Hall–Kier alpha value is -3.98. The van der Waals surface area contributed by atoms with Gasteiger partial charge in [0, 0.05) is 23.8 Å². The smallest absolute Gasteiger partial charge is 0.257 e. The van der Waals surface area contributed by atoms with Gasteiger partial charge in [-0.15, -0.1) is 0 Å². The molecular weight excluding hydrogens is 376 g/mol. The highest BCUT2D eigenvalue weighted by Crippen LogP contribution is 2.29. The van der Waals surface area contributed by atoms with Gasteiger partial charge in [-0.3, -0.25) is 14.6 Å². The number of anilines is 2. The minimum absolute atomic E-state index is 0.137. The van der Waals surface area contributed by atoms with E-state index in [9.17, 15) is 9.59 Å². The van der Waals surface area contributed by atoms with Crippen molar-refractivity contribution in [1.82, 2.24) is 4.98 Å². The second-order valence-electron chi connectivity index (χ2n) is 7.86. The standard InChI is InChI=1S/C24H22N4O2/c1-24(2,3)20-9-4-5-10-21(20)28-23(30)18-12-17(14-26-15-18)22(29)27-19-8-6-7-16(11-19)13-25/h4-12,14-15H,1-3H3,(H,27,29)(H,28,30). The highest BCUT2D eigenvalue weighted by molar-refractivity contribution is 6.08. The zero-order chi connectivity index (χ0) is 21.7. The Morgan fingerprint density at radius 1 is 0.900 bits per heavy atom. The quantitative estimate of drug-likeness (QED) is 0.663. The van der Waals surface area contributed by atoms with Crippen molar-refractivity contribution >= 4 is 23.2 Å². The van der Waals surface area contributed by atoms with Crippen molar-refractivity contribution in [3.63, 3.8) is 0 Å². The van der Waals surface area contributed by atoms with Crippen LogP contribution < -0.4 is 10.6 Å². The van der Waals surface area contributed by atoms with Gasteiger partial charge in [-0.25, -0.2) is 0 Å². The van der Waals surface area contributed by atoms with Gasteiger partial charge in [0.25, 0.3) is 11.8 Å². The first-order valence-corrected chi connectivity index (χ1v) is 9.45. The minimum Gasteiger partial charge on any atom is -0.322 e. The van der Waals surface area contributed by atoms with Crippen LogP contribution in [0, 0.1) is 11.3 Å². The van der Waals surface area contributed by atoms with E-state index in [1.807, 2.05) is 30.3 Å². The summed E-state index contributed by atoms with van der Waals surface area (Å²) in [5.74, 6) is -0.761. The lowest BCUT2D eigenvalue weighted by molar-refractivity contribution is 0.102. The molecule has 0 saturated heterocycles. The first kappa shape index (κ1) is 20.7. The molecule has 0 unspecified atom stereocenters. The summed E-state index contributed by atoms with van der Waals surface area (Å²) in [6, 6.07) is 17.7. The van der Waals surface area contributed by atoms with Crippen molar-refractivity contribution in [3.8, 4) is 6.07 Å². The molecular formula is C24H22N4O2. The highest BCUT2D eigenvalue weighted by atomic mass is 16.2. The van der Waals surface area contributed by atoms with E-state index in [1.54, 1.807) is 24.3 Å². The van der Waals surface area contributed by atoms with Crippen molar-refractivity contribution in [2.75, 3.05) is 10.6 Å². The van der Waals surface area contributed by atoms with E-state index < -0.39 is 5.91 Å². The van der Waals surface area contributed by atoms with Crippen LogP contribution in [-0.2, 0) is 5.41 Å². The molecule has 0 spiro atoms. The Morgan fingerprint density at radius 3 is 2.23 bits per heavy atom. The molecule has 0 aliphatic heterocycles. The number of hydrogen-bond donors (Lipinski definition) is 2. The average molecular weight is 398 g/mol. The van der Waals surface area contributed by atoms with Crippen LogP contribution in [-0.4, -0.2) is 16.8 Å². The number of hydrogen-bond acceptors (Lipinski definition) is 4. The van der Waals surface area contributed by atoms with Crippen LogP contribution in [0.15, 0.2) is 67.0 Å². The van der Waals surface area contributed by atoms with Crippen molar-refractivity contribution in [2.45, 2.75) is 26.2 Å². The van der Waals surface area contributed by atoms with Crippen molar-refractivity contribution in [3.05, 3.63) is 89.2 Å². The third kappa shape index (κ3) is 4.89. The first-order valence-electron chi connectivity index (χ1n) is 9.45. The van der Waals surface area contributed by atoms with Crippen molar-refractivity contribution < 1.29 is 9.59 Å². The Labute approximate surface area is 175 Å². The number of nitriles is 1. The largest absolute Gasteiger partial charge is 0.322 e. The number of nitrogens with zero attached hydrogens (tertiary/aromatic N) is 2. The fourth-order valence-corrected chi connectivity index (χ4v) is 3.00. The molecule has 1 aromatic heterocycles. The lowest BCUT2D eigenvalue weighted by atomic mass is 9.86. The number of carbonyl (C=O) groups excluding carboxylic acids is 2. The summed E-state index contributed by atoms with van der Waals surface area (Å²) in [6.45, 7) is 6.23. The first-order chi connectivity index (χ1) is 14.3. The van der Waals surface area contributed by atoms with E-state index in [4.69, 9.17) is 5.26 Å². The molecule has 30 heavy (non-hydrogen) atoms. The minimum atomic E-state index is -0.415. The maximum Gasteiger partial charge on any atom is 0.257 e. The zero-order valence-electron chi connectivity index (χ0n) is 17.1. The van der Waals surface area contributed by atoms with Crippen LogP contribution in [0.3, 0.4) is 0 Å². The van der Waals surface area contributed by atoms with Gasteiger partial charge in [0.05, 0.1) is 22.8 Å². The number of nitrogens with one attached hydrogen (secondary N) is 2. The molecule has 150 valence electrons. The predicted octanol–water partition coefficient (Wildman–Crippen LogP) is 4.76. The SMILES string of the molecule is CC(C)(C)c1ccccc1NC(=O)c1cncc(C(=O)Nc2cccc(C#N)c2)c1. The van der Waals surface area contributed by atoms with Gasteiger partial charge >= 0.3 is 0 Å². The van der Waals surface area contributed by atoms with E-state index in [-0.39, 0.29) is 22.4 Å². The lowest BCUT2D eigenvalue weighted by Gasteiger charge is -2.23. The maximum atomic E-state index is 12.8. The maximum absolute atomic E-state index is 12.8. The second-order valence-corrected chi connectivity index (χ2v) is 7.86. The zero-order valence-corrected chi connectivity index (χ0v) is 17.1. The molecule has 0 aliphatic rings. The molecule has 0 aliphatic carbocycles. The van der Waals surface area contributed by atoms with Gasteiger partial charge in [-0.2, -0.15) is 5.26 Å². The lowest BCUT2D eigenvalue weighted by Crippen LogP contribution is -2.19. The molecule has 6 heteroatoms. The molecule has 0 bridgehead atoms. The van der Waals surface area contributed by atoms with Gasteiger partial charge in [0.2, 0.25) is 0 Å². The molecule has 0 radical (unpaired) electrons. The van der Waals surface area contributed by atoms with Crippen LogP contribution in [0.2, 0.25) is 0 Å². The van der Waals surface area contributed by atoms with Crippen LogP contribution in [0.1, 0.15) is 52.6 Å². The number of amides is 2. The van der Waals surface area contributed by atoms with E-state index in [2.05, 4.69) is 36.4 Å².